The van der Waals surface area contributed by atoms with Crippen LogP contribution in [0.1, 0.15) is 58.4 Å². The van der Waals surface area contributed by atoms with E-state index in [1.54, 1.807) is 6.92 Å². The van der Waals surface area contributed by atoms with Crippen molar-refractivity contribution in [1.29, 1.82) is 0 Å². The monoisotopic (exact) mass is 288 g/mol. The Kier molecular flexibility index (Phi) is 5.66. The summed E-state index contributed by atoms with van der Waals surface area (Å²) in [6.07, 6.45) is 7.45. The van der Waals surface area contributed by atoms with E-state index in [4.69, 9.17) is 0 Å². The third-order valence-corrected chi connectivity index (χ3v) is 4.26. The van der Waals surface area contributed by atoms with E-state index in [0.717, 1.165) is 18.7 Å². The lowest BCUT2D eigenvalue weighted by molar-refractivity contribution is -0.116. The Morgan fingerprint density at radius 1 is 1.33 bits per heavy atom. The van der Waals surface area contributed by atoms with Crippen molar-refractivity contribution in [2.24, 2.45) is 0 Å². The van der Waals surface area contributed by atoms with Gasteiger partial charge in [0.25, 0.3) is 0 Å². The van der Waals surface area contributed by atoms with Gasteiger partial charge in [0.15, 0.2) is 0 Å². The standard InChI is InChI=1S/C18H28N2O/c1-4-5-6-7-8-14(2)19-17-9-10-18-16(13-17)11-12-20(18)15(3)21/h9-10,13-14,19H,4-8,11-12H2,1-3H3. The number of amides is 1. The summed E-state index contributed by atoms with van der Waals surface area (Å²) in [5, 5.41) is 3.59. The topological polar surface area (TPSA) is 32.3 Å². The van der Waals surface area contributed by atoms with Gasteiger partial charge in [0.05, 0.1) is 0 Å². The number of anilines is 2. The molecule has 0 spiro atoms. The quantitative estimate of drug-likeness (QED) is 0.756. The van der Waals surface area contributed by atoms with Crippen LogP contribution in [0.5, 0.6) is 0 Å². The molecule has 116 valence electrons. The van der Waals surface area contributed by atoms with Gasteiger partial charge >= 0.3 is 0 Å². The van der Waals surface area contributed by atoms with E-state index < -0.39 is 0 Å². The Balaban J connectivity index is 1.89. The van der Waals surface area contributed by atoms with Gasteiger partial charge in [0.1, 0.15) is 0 Å². The summed E-state index contributed by atoms with van der Waals surface area (Å²) < 4.78 is 0. The van der Waals surface area contributed by atoms with Crippen molar-refractivity contribution in [2.75, 3.05) is 16.8 Å². The van der Waals surface area contributed by atoms with Crippen LogP contribution in [0.15, 0.2) is 18.2 Å². The summed E-state index contributed by atoms with van der Waals surface area (Å²) in [5.41, 5.74) is 3.55. The molecular weight excluding hydrogens is 260 g/mol. The number of nitrogens with one attached hydrogen (secondary N) is 1. The highest BCUT2D eigenvalue weighted by Crippen LogP contribution is 2.30. The number of unbranched alkanes of at least 4 members (excludes halogenated alkanes) is 3. The van der Waals surface area contributed by atoms with Gasteiger partial charge in [-0.15, -0.1) is 0 Å². The molecular formula is C18H28N2O. The molecule has 0 aliphatic carbocycles. The third kappa shape index (κ3) is 4.23. The third-order valence-electron chi connectivity index (χ3n) is 4.26. The number of hydrogen-bond acceptors (Lipinski definition) is 2. The first-order valence-corrected chi connectivity index (χ1v) is 8.29. The zero-order chi connectivity index (χ0) is 15.2. The van der Waals surface area contributed by atoms with Crippen LogP contribution in [0.25, 0.3) is 0 Å². The molecule has 1 N–H and O–H groups in total. The average molecular weight is 288 g/mol. The Morgan fingerprint density at radius 3 is 2.86 bits per heavy atom. The molecule has 1 heterocycles. The number of carbonyl (C=O) groups is 1. The number of rotatable bonds is 7. The van der Waals surface area contributed by atoms with Crippen molar-refractivity contribution >= 4 is 17.3 Å². The lowest BCUT2D eigenvalue weighted by Gasteiger charge is -2.18. The van der Waals surface area contributed by atoms with Gasteiger partial charge in [-0.3, -0.25) is 4.79 Å². The largest absolute Gasteiger partial charge is 0.383 e. The SMILES string of the molecule is CCCCCCC(C)Nc1ccc2c(c1)CCN2C(C)=O. The van der Waals surface area contributed by atoms with E-state index in [-0.39, 0.29) is 5.91 Å². The van der Waals surface area contributed by atoms with Gasteiger partial charge in [0.2, 0.25) is 5.91 Å². The van der Waals surface area contributed by atoms with Gasteiger partial charge in [0, 0.05) is 30.9 Å². The van der Waals surface area contributed by atoms with E-state index >= 15 is 0 Å². The fourth-order valence-corrected chi connectivity index (χ4v) is 3.05. The highest BCUT2D eigenvalue weighted by molar-refractivity contribution is 5.94. The van der Waals surface area contributed by atoms with Gasteiger partial charge in [-0.25, -0.2) is 0 Å². The maximum atomic E-state index is 11.6. The average Bonchev–Trinajstić information content (AvgIpc) is 2.87. The lowest BCUT2D eigenvalue weighted by atomic mass is 10.1. The molecule has 1 aromatic rings. The van der Waals surface area contributed by atoms with Crippen LogP contribution in [-0.4, -0.2) is 18.5 Å². The van der Waals surface area contributed by atoms with Gasteiger partial charge < -0.3 is 10.2 Å². The van der Waals surface area contributed by atoms with Crippen molar-refractivity contribution < 1.29 is 4.79 Å². The first-order chi connectivity index (χ1) is 10.1. The van der Waals surface area contributed by atoms with E-state index in [1.807, 2.05) is 4.90 Å². The molecule has 1 aliphatic heterocycles. The number of carbonyl (C=O) groups excluding carboxylic acids is 1. The minimum Gasteiger partial charge on any atom is -0.383 e. The van der Waals surface area contributed by atoms with E-state index in [1.165, 1.54) is 43.4 Å². The summed E-state index contributed by atoms with van der Waals surface area (Å²) >= 11 is 0. The molecule has 3 heteroatoms. The number of benzene rings is 1. The molecule has 1 unspecified atom stereocenters. The van der Waals surface area contributed by atoms with E-state index in [0.29, 0.717) is 6.04 Å². The molecule has 0 saturated heterocycles. The van der Waals surface area contributed by atoms with E-state index in [2.05, 4.69) is 37.4 Å². The van der Waals surface area contributed by atoms with Crippen LogP contribution in [-0.2, 0) is 11.2 Å². The lowest BCUT2D eigenvalue weighted by Crippen LogP contribution is -2.25. The molecule has 21 heavy (non-hydrogen) atoms. The van der Waals surface area contributed by atoms with Crippen molar-refractivity contribution in [2.45, 2.75) is 65.3 Å². The Bertz CT molecular complexity index is 484. The normalized spacial score (nSPS) is 14.9. The molecule has 1 amide bonds. The minimum absolute atomic E-state index is 0.138. The zero-order valence-electron chi connectivity index (χ0n) is 13.6. The van der Waals surface area contributed by atoms with Gasteiger partial charge in [-0.1, -0.05) is 32.6 Å². The summed E-state index contributed by atoms with van der Waals surface area (Å²) in [5.74, 6) is 0.138. The molecule has 3 nitrogen and oxygen atoms in total. The number of nitrogens with zero attached hydrogens (tertiary/aromatic N) is 1. The van der Waals surface area contributed by atoms with Crippen molar-refractivity contribution in [1.82, 2.24) is 0 Å². The summed E-state index contributed by atoms with van der Waals surface area (Å²) in [6.45, 7) is 6.96. The van der Waals surface area contributed by atoms with Crippen molar-refractivity contribution in [3.05, 3.63) is 23.8 Å². The predicted molar refractivity (Wildman–Crippen MR) is 90.0 cm³/mol. The number of hydrogen-bond donors (Lipinski definition) is 1. The fourth-order valence-electron chi connectivity index (χ4n) is 3.05. The van der Waals surface area contributed by atoms with Crippen molar-refractivity contribution in [3.8, 4) is 0 Å². The molecule has 0 bridgehead atoms. The van der Waals surface area contributed by atoms with Gasteiger partial charge in [-0.05, 0) is 43.5 Å². The van der Waals surface area contributed by atoms with E-state index in [9.17, 15) is 4.79 Å². The fraction of sp³-hybridized carbons (Fsp3) is 0.611. The summed E-state index contributed by atoms with van der Waals surface area (Å²) in [4.78, 5) is 13.4. The maximum Gasteiger partial charge on any atom is 0.223 e. The van der Waals surface area contributed by atoms with Crippen LogP contribution >= 0.6 is 0 Å². The highest BCUT2D eigenvalue weighted by Gasteiger charge is 2.22. The second-order valence-electron chi connectivity index (χ2n) is 6.16. The second-order valence-corrected chi connectivity index (χ2v) is 6.16. The second kappa shape index (κ2) is 7.48. The molecule has 0 aromatic heterocycles. The molecule has 0 fully saturated rings. The maximum absolute atomic E-state index is 11.6. The molecule has 0 radical (unpaired) electrons. The molecule has 1 atom stereocenters. The highest BCUT2D eigenvalue weighted by atomic mass is 16.2. The van der Waals surface area contributed by atoms with Crippen molar-refractivity contribution in [3.63, 3.8) is 0 Å². The summed E-state index contributed by atoms with van der Waals surface area (Å²) in [6, 6.07) is 6.89. The number of fused-ring (bicyclic) bond motifs is 1. The van der Waals surface area contributed by atoms with Crippen LogP contribution in [0.3, 0.4) is 0 Å². The molecule has 2 rings (SSSR count). The van der Waals surface area contributed by atoms with Gasteiger partial charge in [-0.2, -0.15) is 0 Å². The van der Waals surface area contributed by atoms with Crippen LogP contribution in [0.4, 0.5) is 11.4 Å². The summed E-state index contributed by atoms with van der Waals surface area (Å²) in [7, 11) is 0. The minimum atomic E-state index is 0.138. The molecule has 1 aliphatic rings. The van der Waals surface area contributed by atoms with Crippen LogP contribution in [0.2, 0.25) is 0 Å². The Hall–Kier alpha value is -1.51. The predicted octanol–water partition coefficient (Wildman–Crippen LogP) is 4.37. The Labute approximate surface area is 128 Å². The first kappa shape index (κ1) is 15.9. The van der Waals surface area contributed by atoms with Crippen LogP contribution in [0, 0.1) is 0 Å². The smallest absolute Gasteiger partial charge is 0.223 e. The van der Waals surface area contributed by atoms with Crippen LogP contribution < -0.4 is 10.2 Å². The molecule has 1 aromatic carbocycles. The molecule has 0 saturated carbocycles. The Morgan fingerprint density at radius 2 is 2.14 bits per heavy atom. The first-order valence-electron chi connectivity index (χ1n) is 8.29. The zero-order valence-corrected chi connectivity index (χ0v) is 13.6.